The van der Waals surface area contributed by atoms with Crippen molar-refractivity contribution in [2.24, 2.45) is 0 Å². The second-order valence-corrected chi connectivity index (χ2v) is 8.14. The van der Waals surface area contributed by atoms with Crippen LogP contribution in [0.5, 0.6) is 0 Å². The van der Waals surface area contributed by atoms with Gasteiger partial charge < -0.3 is 4.74 Å². The van der Waals surface area contributed by atoms with Crippen molar-refractivity contribution in [3.05, 3.63) is 65.2 Å². The first-order valence-corrected chi connectivity index (χ1v) is 10.6. The minimum atomic E-state index is -3.55. The number of aryl methyl sites for hydroxylation is 1. The van der Waals surface area contributed by atoms with Crippen LogP contribution in [-0.4, -0.2) is 27.5 Å². The topological polar surface area (TPSA) is 96.3 Å². The fourth-order valence-electron chi connectivity index (χ4n) is 2.69. The molecular weight excluding hydrogens is 376 g/mol. The number of carbonyl (C=O) groups is 1. The van der Waals surface area contributed by atoms with Gasteiger partial charge in [0.2, 0.25) is 10.0 Å². The van der Waals surface area contributed by atoms with Crippen molar-refractivity contribution in [2.75, 3.05) is 13.2 Å². The van der Waals surface area contributed by atoms with Crippen molar-refractivity contribution in [1.29, 1.82) is 5.26 Å². The zero-order valence-corrected chi connectivity index (χ0v) is 16.8. The van der Waals surface area contributed by atoms with Crippen LogP contribution in [0.25, 0.3) is 0 Å². The molecule has 0 saturated heterocycles. The Kier molecular flexibility index (Phi) is 7.73. The lowest BCUT2D eigenvalue weighted by Gasteiger charge is -2.11. The molecule has 0 heterocycles. The molecule has 0 bridgehead atoms. The summed E-state index contributed by atoms with van der Waals surface area (Å²) in [6.07, 6.45) is 1.02. The van der Waals surface area contributed by atoms with Crippen molar-refractivity contribution in [1.82, 2.24) is 4.72 Å². The lowest BCUT2D eigenvalue weighted by Crippen LogP contribution is -2.25. The van der Waals surface area contributed by atoms with Crippen molar-refractivity contribution in [2.45, 2.75) is 37.5 Å². The summed E-state index contributed by atoms with van der Waals surface area (Å²) in [5.74, 6) is -0.770. The Hall–Kier alpha value is -2.69. The number of benzene rings is 2. The van der Waals surface area contributed by atoms with Crippen LogP contribution in [0.4, 0.5) is 0 Å². The molecule has 0 aliphatic heterocycles. The van der Waals surface area contributed by atoms with Gasteiger partial charge in [0.05, 0.1) is 29.1 Å². The van der Waals surface area contributed by atoms with E-state index in [-0.39, 0.29) is 17.4 Å². The van der Waals surface area contributed by atoms with Gasteiger partial charge in [0.15, 0.2) is 0 Å². The maximum atomic E-state index is 12.3. The largest absolute Gasteiger partial charge is 0.462 e. The van der Waals surface area contributed by atoms with Crippen LogP contribution < -0.4 is 4.72 Å². The van der Waals surface area contributed by atoms with E-state index in [4.69, 9.17) is 4.74 Å². The summed E-state index contributed by atoms with van der Waals surface area (Å²) in [5.41, 5.74) is 2.22. The highest BCUT2D eigenvalue weighted by Crippen LogP contribution is 2.21. The predicted molar refractivity (Wildman–Crippen MR) is 106 cm³/mol. The van der Waals surface area contributed by atoms with Crippen LogP contribution >= 0.6 is 0 Å². The van der Waals surface area contributed by atoms with Gasteiger partial charge in [0.25, 0.3) is 0 Å². The fourth-order valence-corrected chi connectivity index (χ4v) is 3.76. The molecule has 2 aromatic carbocycles. The highest BCUT2D eigenvalue weighted by molar-refractivity contribution is 7.89. The minimum absolute atomic E-state index is 0.226. The quantitative estimate of drug-likeness (QED) is 0.513. The number of esters is 1. The lowest BCUT2D eigenvalue weighted by molar-refractivity contribution is 0.0526. The highest BCUT2D eigenvalue weighted by atomic mass is 32.2. The summed E-state index contributed by atoms with van der Waals surface area (Å²) >= 11 is 0. The van der Waals surface area contributed by atoms with Crippen molar-refractivity contribution >= 4 is 16.0 Å². The van der Waals surface area contributed by atoms with Gasteiger partial charge in [-0.05, 0) is 56.5 Å². The normalized spacial score (nSPS) is 12.2. The van der Waals surface area contributed by atoms with Gasteiger partial charge in [0, 0.05) is 6.54 Å². The molecule has 0 saturated carbocycles. The molecule has 2 aromatic rings. The first kappa shape index (κ1) is 21.6. The summed E-state index contributed by atoms with van der Waals surface area (Å²) in [6.45, 7) is 4.19. The smallest absolute Gasteiger partial charge is 0.338 e. The first-order chi connectivity index (χ1) is 13.4. The van der Waals surface area contributed by atoms with E-state index >= 15 is 0 Å². The van der Waals surface area contributed by atoms with Crippen LogP contribution in [0.1, 0.15) is 47.2 Å². The Morgan fingerprint density at radius 2 is 1.79 bits per heavy atom. The average molecular weight is 401 g/mol. The van der Waals surface area contributed by atoms with E-state index in [0.29, 0.717) is 25.0 Å². The number of nitrogens with zero attached hydrogens (tertiary/aromatic N) is 1. The maximum absolute atomic E-state index is 12.3. The molecule has 1 atom stereocenters. The van der Waals surface area contributed by atoms with E-state index in [1.165, 1.54) is 0 Å². The van der Waals surface area contributed by atoms with E-state index in [9.17, 15) is 18.5 Å². The monoisotopic (exact) mass is 400 g/mol. The van der Waals surface area contributed by atoms with Crippen LogP contribution in [0, 0.1) is 18.3 Å². The van der Waals surface area contributed by atoms with Crippen LogP contribution in [-0.2, 0) is 14.8 Å². The predicted octanol–water partition coefficient (Wildman–Crippen LogP) is 3.54. The molecule has 0 unspecified atom stereocenters. The minimum Gasteiger partial charge on any atom is -0.462 e. The van der Waals surface area contributed by atoms with E-state index in [1.54, 1.807) is 55.5 Å². The Bertz CT molecular complexity index is 930. The third-order valence-corrected chi connectivity index (χ3v) is 5.75. The number of carbonyl (C=O) groups excluding carboxylic acids is 1. The third kappa shape index (κ3) is 5.91. The van der Waals surface area contributed by atoms with E-state index < -0.39 is 16.0 Å². The van der Waals surface area contributed by atoms with Crippen molar-refractivity contribution in [3.8, 4) is 6.07 Å². The number of hydrogen-bond donors (Lipinski definition) is 1. The number of nitrogens with one attached hydrogen (secondary N) is 1. The molecule has 6 nitrogen and oxygen atoms in total. The Balaban J connectivity index is 1.89. The third-order valence-electron chi connectivity index (χ3n) is 4.27. The zero-order chi connectivity index (χ0) is 20.6. The summed E-state index contributed by atoms with van der Waals surface area (Å²) in [6, 6.07) is 15.6. The SMILES string of the molecule is CCOC(=O)c1ccc([C@H](C#N)CCCNS(=O)(=O)c2ccc(C)cc2)cc1. The molecule has 0 amide bonds. The van der Waals surface area contributed by atoms with Crippen LogP contribution in [0.2, 0.25) is 0 Å². The lowest BCUT2D eigenvalue weighted by atomic mass is 9.95. The van der Waals surface area contributed by atoms with Gasteiger partial charge in [-0.1, -0.05) is 29.8 Å². The van der Waals surface area contributed by atoms with E-state index in [0.717, 1.165) is 11.1 Å². The van der Waals surface area contributed by atoms with Gasteiger partial charge in [-0.2, -0.15) is 5.26 Å². The number of sulfonamides is 1. The van der Waals surface area contributed by atoms with Gasteiger partial charge in [-0.15, -0.1) is 0 Å². The number of nitriles is 1. The molecule has 2 rings (SSSR count). The van der Waals surface area contributed by atoms with Gasteiger partial charge in [0.1, 0.15) is 0 Å². The van der Waals surface area contributed by atoms with E-state index in [1.807, 2.05) is 6.92 Å². The van der Waals surface area contributed by atoms with Crippen molar-refractivity contribution in [3.63, 3.8) is 0 Å². The number of hydrogen-bond acceptors (Lipinski definition) is 5. The molecule has 0 aliphatic rings. The van der Waals surface area contributed by atoms with Crippen LogP contribution in [0.3, 0.4) is 0 Å². The Morgan fingerprint density at radius 3 is 2.36 bits per heavy atom. The molecule has 0 aromatic heterocycles. The molecule has 0 fully saturated rings. The van der Waals surface area contributed by atoms with Gasteiger partial charge in [-0.25, -0.2) is 17.9 Å². The Morgan fingerprint density at radius 1 is 1.14 bits per heavy atom. The fraction of sp³-hybridized carbons (Fsp3) is 0.333. The number of ether oxygens (including phenoxy) is 1. The summed E-state index contributed by atoms with van der Waals surface area (Å²) in [4.78, 5) is 11.9. The van der Waals surface area contributed by atoms with Gasteiger partial charge in [-0.3, -0.25) is 0 Å². The first-order valence-electron chi connectivity index (χ1n) is 9.10. The molecular formula is C21H24N2O4S. The zero-order valence-electron chi connectivity index (χ0n) is 16.0. The molecule has 28 heavy (non-hydrogen) atoms. The molecule has 0 radical (unpaired) electrons. The second-order valence-electron chi connectivity index (χ2n) is 6.38. The molecule has 148 valence electrons. The molecule has 0 aliphatic carbocycles. The average Bonchev–Trinajstić information content (AvgIpc) is 2.69. The van der Waals surface area contributed by atoms with Crippen LogP contribution in [0.15, 0.2) is 53.4 Å². The summed E-state index contributed by atoms with van der Waals surface area (Å²) < 4.78 is 32.0. The highest BCUT2D eigenvalue weighted by Gasteiger charge is 2.15. The van der Waals surface area contributed by atoms with E-state index in [2.05, 4.69) is 10.8 Å². The molecule has 1 N–H and O–H groups in total. The Labute approximate surface area is 166 Å². The molecule has 7 heteroatoms. The second kappa shape index (κ2) is 10.0. The summed E-state index contributed by atoms with van der Waals surface area (Å²) in [7, 11) is -3.55. The summed E-state index contributed by atoms with van der Waals surface area (Å²) in [5, 5.41) is 9.43. The molecule has 0 spiro atoms. The maximum Gasteiger partial charge on any atom is 0.338 e. The number of rotatable bonds is 9. The standard InChI is InChI=1S/C21H24N2O4S/c1-3-27-21(24)18-10-8-17(9-11-18)19(15-22)5-4-14-23-28(25,26)20-12-6-16(2)7-13-20/h6-13,19,23H,3-5,14H2,1-2H3/t19-/m0/s1. The van der Waals surface area contributed by atoms with Crippen molar-refractivity contribution < 1.29 is 17.9 Å². The van der Waals surface area contributed by atoms with Gasteiger partial charge >= 0.3 is 5.97 Å².